The van der Waals surface area contributed by atoms with Gasteiger partial charge in [0.25, 0.3) is 0 Å². The van der Waals surface area contributed by atoms with Gasteiger partial charge in [-0.15, -0.1) is 0 Å². The van der Waals surface area contributed by atoms with Crippen LogP contribution in [0.25, 0.3) is 21.8 Å². The Morgan fingerprint density at radius 1 is 0.958 bits per heavy atom. The topological polar surface area (TPSA) is 38.0 Å². The van der Waals surface area contributed by atoms with Crippen LogP contribution in [0.5, 0.6) is 0 Å². The maximum absolute atomic E-state index is 10.7. The maximum Gasteiger partial charge on any atom is 0.106 e. The predicted octanol–water partition coefficient (Wildman–Crippen LogP) is 4.62. The van der Waals surface area contributed by atoms with Crippen molar-refractivity contribution in [2.45, 2.75) is 26.0 Å². The largest absolute Gasteiger partial charge is 0.388 e. The van der Waals surface area contributed by atoms with Gasteiger partial charge in [0.1, 0.15) is 5.82 Å². The van der Waals surface area contributed by atoms with Gasteiger partial charge in [-0.1, -0.05) is 54.6 Å². The van der Waals surface area contributed by atoms with Crippen molar-refractivity contribution in [1.29, 1.82) is 0 Å². The van der Waals surface area contributed by atoms with Crippen LogP contribution in [-0.4, -0.2) is 14.7 Å². The van der Waals surface area contributed by atoms with E-state index in [0.29, 0.717) is 6.42 Å². The molecule has 0 aliphatic rings. The fraction of sp³-hybridized carbons (Fsp3) is 0.190. The molecule has 0 amide bonds. The summed E-state index contributed by atoms with van der Waals surface area (Å²) in [4.78, 5) is 4.60. The van der Waals surface area contributed by atoms with Gasteiger partial charge in [0, 0.05) is 6.54 Å². The van der Waals surface area contributed by atoms with E-state index in [4.69, 9.17) is 0 Å². The molecule has 4 rings (SSSR count). The first-order chi connectivity index (χ1) is 11.7. The summed E-state index contributed by atoms with van der Waals surface area (Å²) < 4.78 is 2.18. The molecule has 1 N–H and O–H groups in total. The zero-order chi connectivity index (χ0) is 16.5. The quantitative estimate of drug-likeness (QED) is 0.596. The van der Waals surface area contributed by atoms with Gasteiger partial charge in [-0.2, -0.15) is 0 Å². The Labute approximate surface area is 141 Å². The molecule has 1 aromatic heterocycles. The molecule has 0 fully saturated rings. The number of aliphatic hydroxyl groups is 1. The van der Waals surface area contributed by atoms with Crippen molar-refractivity contribution in [3.8, 4) is 0 Å². The summed E-state index contributed by atoms with van der Waals surface area (Å²) in [6, 6.07) is 22.5. The van der Waals surface area contributed by atoms with E-state index in [-0.39, 0.29) is 0 Å². The highest BCUT2D eigenvalue weighted by Crippen LogP contribution is 2.27. The van der Waals surface area contributed by atoms with Crippen molar-refractivity contribution >= 4 is 21.8 Å². The zero-order valence-electron chi connectivity index (χ0n) is 13.7. The number of aliphatic hydroxyl groups excluding tert-OH is 1. The average molecular weight is 316 g/mol. The average Bonchev–Trinajstić information content (AvgIpc) is 2.94. The van der Waals surface area contributed by atoms with E-state index in [1.807, 2.05) is 49.4 Å². The minimum atomic E-state index is -0.489. The normalized spacial score (nSPS) is 12.8. The summed E-state index contributed by atoms with van der Waals surface area (Å²) in [5.41, 5.74) is 3.13. The van der Waals surface area contributed by atoms with Crippen molar-refractivity contribution in [2.75, 3.05) is 0 Å². The van der Waals surface area contributed by atoms with Gasteiger partial charge in [-0.3, -0.25) is 0 Å². The van der Waals surface area contributed by atoms with Crippen LogP contribution in [0.15, 0.2) is 66.7 Å². The lowest BCUT2D eigenvalue weighted by Gasteiger charge is -2.15. The van der Waals surface area contributed by atoms with Crippen LogP contribution < -0.4 is 0 Å². The molecular weight excluding hydrogens is 296 g/mol. The number of aromatic nitrogens is 2. The molecule has 1 heterocycles. The molecule has 1 unspecified atom stereocenters. The lowest BCUT2D eigenvalue weighted by molar-refractivity contribution is 0.163. The first-order valence-electron chi connectivity index (χ1n) is 8.31. The van der Waals surface area contributed by atoms with Crippen LogP contribution in [-0.2, 0) is 6.54 Å². The number of hydrogen-bond acceptors (Lipinski definition) is 2. The SMILES string of the molecule is Cc1nc2ccccc2n1CCC(O)c1cccc2ccccc12. The highest BCUT2D eigenvalue weighted by atomic mass is 16.3. The number of nitrogens with zero attached hydrogens (tertiary/aromatic N) is 2. The predicted molar refractivity (Wildman–Crippen MR) is 98.0 cm³/mol. The fourth-order valence-electron chi connectivity index (χ4n) is 3.43. The van der Waals surface area contributed by atoms with Crippen molar-refractivity contribution in [3.05, 3.63) is 78.1 Å². The van der Waals surface area contributed by atoms with Gasteiger partial charge in [0.15, 0.2) is 0 Å². The highest BCUT2D eigenvalue weighted by molar-refractivity contribution is 5.86. The summed E-state index contributed by atoms with van der Waals surface area (Å²) in [7, 11) is 0. The smallest absolute Gasteiger partial charge is 0.106 e. The van der Waals surface area contributed by atoms with E-state index in [1.165, 1.54) is 5.39 Å². The number of para-hydroxylation sites is 2. The Morgan fingerprint density at radius 2 is 1.71 bits per heavy atom. The van der Waals surface area contributed by atoms with E-state index in [2.05, 4.69) is 33.8 Å². The zero-order valence-corrected chi connectivity index (χ0v) is 13.7. The van der Waals surface area contributed by atoms with E-state index in [9.17, 15) is 5.11 Å². The first kappa shape index (κ1) is 14.9. The van der Waals surface area contributed by atoms with Crippen LogP contribution >= 0.6 is 0 Å². The molecule has 0 radical (unpaired) electrons. The summed E-state index contributed by atoms with van der Waals surface area (Å²) in [6.45, 7) is 2.76. The number of imidazole rings is 1. The third-order valence-electron chi connectivity index (χ3n) is 4.65. The Bertz CT molecular complexity index is 998. The van der Waals surface area contributed by atoms with Crippen LogP contribution in [0.1, 0.15) is 23.9 Å². The van der Waals surface area contributed by atoms with Crippen LogP contribution in [0.4, 0.5) is 0 Å². The molecule has 4 aromatic rings. The Balaban J connectivity index is 1.62. The monoisotopic (exact) mass is 316 g/mol. The molecule has 0 spiro atoms. The summed E-state index contributed by atoms with van der Waals surface area (Å²) >= 11 is 0. The molecule has 0 aliphatic carbocycles. The van der Waals surface area contributed by atoms with Gasteiger partial charge in [-0.25, -0.2) is 4.98 Å². The van der Waals surface area contributed by atoms with E-state index in [0.717, 1.165) is 34.4 Å². The van der Waals surface area contributed by atoms with Crippen LogP contribution in [0.3, 0.4) is 0 Å². The minimum absolute atomic E-state index is 0.489. The number of fused-ring (bicyclic) bond motifs is 2. The van der Waals surface area contributed by atoms with Crippen molar-refractivity contribution < 1.29 is 5.11 Å². The standard InChI is InChI=1S/C21H20N2O/c1-15-22-19-11-4-5-12-20(19)23(15)14-13-21(24)18-10-6-8-16-7-2-3-9-17(16)18/h2-12,21,24H,13-14H2,1H3. The lowest BCUT2D eigenvalue weighted by Crippen LogP contribution is -2.06. The minimum Gasteiger partial charge on any atom is -0.388 e. The molecule has 3 nitrogen and oxygen atoms in total. The van der Waals surface area contributed by atoms with Gasteiger partial charge >= 0.3 is 0 Å². The molecule has 1 atom stereocenters. The summed E-state index contributed by atoms with van der Waals surface area (Å²) in [6.07, 6.45) is 0.173. The second-order valence-corrected chi connectivity index (χ2v) is 6.17. The number of rotatable bonds is 4. The molecule has 0 saturated carbocycles. The van der Waals surface area contributed by atoms with Gasteiger partial charge < -0.3 is 9.67 Å². The summed E-state index contributed by atoms with van der Waals surface area (Å²) in [5, 5.41) is 13.0. The van der Waals surface area contributed by atoms with Gasteiger partial charge in [-0.05, 0) is 41.8 Å². The lowest BCUT2D eigenvalue weighted by atomic mass is 9.99. The number of hydrogen-bond donors (Lipinski definition) is 1. The second kappa shape index (κ2) is 6.10. The molecule has 3 aromatic carbocycles. The number of benzene rings is 3. The van der Waals surface area contributed by atoms with Gasteiger partial charge in [0.2, 0.25) is 0 Å². The summed E-state index contributed by atoms with van der Waals surface area (Å²) in [5.74, 6) is 0.987. The highest BCUT2D eigenvalue weighted by Gasteiger charge is 2.13. The fourth-order valence-corrected chi connectivity index (χ4v) is 3.43. The maximum atomic E-state index is 10.7. The Hall–Kier alpha value is -2.65. The molecule has 0 bridgehead atoms. The number of aryl methyl sites for hydroxylation is 2. The van der Waals surface area contributed by atoms with Crippen molar-refractivity contribution in [2.24, 2.45) is 0 Å². The molecule has 120 valence electrons. The Morgan fingerprint density at radius 3 is 2.62 bits per heavy atom. The van der Waals surface area contributed by atoms with Crippen LogP contribution in [0.2, 0.25) is 0 Å². The van der Waals surface area contributed by atoms with Crippen LogP contribution in [0, 0.1) is 6.92 Å². The first-order valence-corrected chi connectivity index (χ1v) is 8.31. The molecule has 3 heteroatoms. The van der Waals surface area contributed by atoms with E-state index >= 15 is 0 Å². The third-order valence-corrected chi connectivity index (χ3v) is 4.65. The molecule has 0 aliphatic heterocycles. The van der Waals surface area contributed by atoms with Crippen molar-refractivity contribution in [1.82, 2.24) is 9.55 Å². The molecule has 24 heavy (non-hydrogen) atoms. The second-order valence-electron chi connectivity index (χ2n) is 6.17. The molecular formula is C21H20N2O. The molecule has 0 saturated heterocycles. The van der Waals surface area contributed by atoms with Gasteiger partial charge in [0.05, 0.1) is 17.1 Å². The van der Waals surface area contributed by atoms with Crippen molar-refractivity contribution in [3.63, 3.8) is 0 Å². The third kappa shape index (κ3) is 2.57. The van der Waals surface area contributed by atoms with E-state index in [1.54, 1.807) is 0 Å². The Kier molecular flexibility index (Phi) is 3.79. The van der Waals surface area contributed by atoms with E-state index < -0.39 is 6.10 Å².